The summed E-state index contributed by atoms with van der Waals surface area (Å²) in [6.45, 7) is 4.06. The predicted molar refractivity (Wildman–Crippen MR) is 103 cm³/mol. The molecule has 0 saturated heterocycles. The summed E-state index contributed by atoms with van der Waals surface area (Å²) in [6, 6.07) is 17.5. The van der Waals surface area contributed by atoms with Gasteiger partial charge in [-0.15, -0.1) is 0 Å². The van der Waals surface area contributed by atoms with Crippen molar-refractivity contribution in [2.75, 3.05) is 0 Å². The van der Waals surface area contributed by atoms with Crippen molar-refractivity contribution in [3.8, 4) is 11.4 Å². The Morgan fingerprint density at radius 2 is 1.85 bits per heavy atom. The number of nitrogens with one attached hydrogen (secondary N) is 1. The first-order valence-electron chi connectivity index (χ1n) is 8.61. The maximum atomic E-state index is 12.8. The Morgan fingerprint density at radius 3 is 2.65 bits per heavy atom. The fourth-order valence-electron chi connectivity index (χ4n) is 3.04. The van der Waals surface area contributed by atoms with Crippen LogP contribution in [0.4, 0.5) is 0 Å². The Balaban J connectivity index is 1.69. The lowest BCUT2D eigenvalue weighted by molar-refractivity contribution is 0.0992. The summed E-state index contributed by atoms with van der Waals surface area (Å²) in [5.41, 5.74) is 6.48. The average Bonchev–Trinajstić information content (AvgIpc) is 3.08. The number of nitrogens with zero attached hydrogens (tertiary/aromatic N) is 2. The van der Waals surface area contributed by atoms with Crippen molar-refractivity contribution in [3.63, 3.8) is 0 Å². The van der Waals surface area contributed by atoms with Gasteiger partial charge >= 0.3 is 0 Å². The number of para-hydroxylation sites is 2. The van der Waals surface area contributed by atoms with Gasteiger partial charge in [0.2, 0.25) is 0 Å². The highest BCUT2D eigenvalue weighted by Gasteiger charge is 2.15. The molecule has 2 heterocycles. The number of imidazole rings is 1. The summed E-state index contributed by atoms with van der Waals surface area (Å²) in [5.74, 6) is 0.798. The molecular formula is C22H19N3O. The molecule has 0 aliphatic rings. The van der Waals surface area contributed by atoms with Gasteiger partial charge < -0.3 is 4.98 Å². The molecule has 2 aromatic heterocycles. The first-order valence-corrected chi connectivity index (χ1v) is 8.61. The Kier molecular flexibility index (Phi) is 4.09. The number of Topliss-reactive ketones (excluding diaryl/α,β-unsaturated/α-hetero) is 1. The van der Waals surface area contributed by atoms with Crippen LogP contribution in [0.15, 0.2) is 60.8 Å². The number of carbonyl (C=O) groups excluding carboxylic acids is 1. The summed E-state index contributed by atoms with van der Waals surface area (Å²) >= 11 is 0. The maximum Gasteiger partial charge on any atom is 0.168 e. The number of carbonyl (C=O) groups is 1. The van der Waals surface area contributed by atoms with Gasteiger partial charge in [0.25, 0.3) is 0 Å². The molecule has 26 heavy (non-hydrogen) atoms. The molecule has 0 bridgehead atoms. The van der Waals surface area contributed by atoms with Gasteiger partial charge in [-0.3, -0.25) is 9.78 Å². The zero-order chi connectivity index (χ0) is 18.1. The fourth-order valence-corrected chi connectivity index (χ4v) is 3.04. The number of H-pyrrole nitrogens is 1. The number of hydrogen-bond donors (Lipinski definition) is 1. The predicted octanol–water partition coefficient (Wildman–Crippen LogP) is 4.67. The van der Waals surface area contributed by atoms with Gasteiger partial charge in [0.15, 0.2) is 5.78 Å². The van der Waals surface area contributed by atoms with Crippen LogP contribution in [-0.4, -0.2) is 20.7 Å². The largest absolute Gasteiger partial charge is 0.338 e. The smallest absolute Gasteiger partial charge is 0.168 e. The van der Waals surface area contributed by atoms with E-state index in [0.29, 0.717) is 5.56 Å². The van der Waals surface area contributed by atoms with Crippen molar-refractivity contribution in [2.45, 2.75) is 20.3 Å². The molecule has 0 spiro atoms. The van der Waals surface area contributed by atoms with Crippen LogP contribution in [0.5, 0.6) is 0 Å². The van der Waals surface area contributed by atoms with Gasteiger partial charge in [-0.05, 0) is 55.3 Å². The van der Waals surface area contributed by atoms with Gasteiger partial charge in [0.1, 0.15) is 5.82 Å². The number of hydrogen-bond acceptors (Lipinski definition) is 3. The van der Waals surface area contributed by atoms with Crippen LogP contribution >= 0.6 is 0 Å². The minimum absolute atomic E-state index is 0.0594. The SMILES string of the molecule is Cc1ccc(C(=O)Cc2ncccc2-c2nc3ccccc3[nH]2)cc1C. The van der Waals surface area contributed by atoms with E-state index in [0.717, 1.165) is 33.7 Å². The summed E-state index contributed by atoms with van der Waals surface area (Å²) in [7, 11) is 0. The van der Waals surface area contributed by atoms with E-state index in [1.54, 1.807) is 6.20 Å². The molecule has 0 fully saturated rings. The monoisotopic (exact) mass is 341 g/mol. The molecule has 0 aliphatic heterocycles. The number of fused-ring (bicyclic) bond motifs is 1. The van der Waals surface area contributed by atoms with Crippen LogP contribution in [0.1, 0.15) is 27.2 Å². The van der Waals surface area contributed by atoms with Gasteiger partial charge in [0.05, 0.1) is 23.1 Å². The number of ketones is 1. The highest BCUT2D eigenvalue weighted by atomic mass is 16.1. The molecule has 0 saturated carbocycles. The quantitative estimate of drug-likeness (QED) is 0.549. The second kappa shape index (κ2) is 6.56. The van der Waals surface area contributed by atoms with Crippen LogP contribution in [0.3, 0.4) is 0 Å². The molecule has 0 unspecified atom stereocenters. The number of rotatable bonds is 4. The molecule has 2 aromatic carbocycles. The first kappa shape index (κ1) is 16.2. The van der Waals surface area contributed by atoms with E-state index in [2.05, 4.69) is 15.0 Å². The van der Waals surface area contributed by atoms with Crippen LogP contribution in [-0.2, 0) is 6.42 Å². The van der Waals surface area contributed by atoms with Crippen molar-refractivity contribution < 1.29 is 4.79 Å². The lowest BCUT2D eigenvalue weighted by Crippen LogP contribution is -2.07. The van der Waals surface area contributed by atoms with Crippen LogP contribution in [0.2, 0.25) is 0 Å². The molecule has 0 radical (unpaired) electrons. The summed E-state index contributed by atoms with van der Waals surface area (Å²) < 4.78 is 0. The molecule has 1 N–H and O–H groups in total. The normalized spacial score (nSPS) is 11.0. The molecule has 4 aromatic rings. The molecule has 4 rings (SSSR count). The van der Waals surface area contributed by atoms with E-state index in [4.69, 9.17) is 0 Å². The molecule has 0 amide bonds. The maximum absolute atomic E-state index is 12.8. The number of aromatic nitrogens is 3. The molecular weight excluding hydrogens is 322 g/mol. The van der Waals surface area contributed by atoms with Gasteiger partial charge in [-0.1, -0.05) is 24.3 Å². The van der Waals surface area contributed by atoms with E-state index in [1.807, 2.05) is 68.4 Å². The number of pyridine rings is 1. The first-order chi connectivity index (χ1) is 12.6. The molecule has 0 atom stereocenters. The van der Waals surface area contributed by atoms with E-state index < -0.39 is 0 Å². The van der Waals surface area contributed by atoms with Crippen molar-refractivity contribution in [1.82, 2.24) is 15.0 Å². The second-order valence-corrected chi connectivity index (χ2v) is 6.50. The number of aromatic amines is 1. The third-order valence-electron chi connectivity index (χ3n) is 4.69. The zero-order valence-corrected chi connectivity index (χ0v) is 14.8. The van der Waals surface area contributed by atoms with Crippen molar-refractivity contribution in [3.05, 3.63) is 83.2 Å². The second-order valence-electron chi connectivity index (χ2n) is 6.50. The Morgan fingerprint density at radius 1 is 1.00 bits per heavy atom. The highest BCUT2D eigenvalue weighted by molar-refractivity contribution is 5.98. The fraction of sp³-hybridized carbons (Fsp3) is 0.136. The van der Waals surface area contributed by atoms with Crippen LogP contribution in [0.25, 0.3) is 22.4 Å². The minimum atomic E-state index is 0.0594. The summed E-state index contributed by atoms with van der Waals surface area (Å²) in [6.07, 6.45) is 1.96. The Hall–Kier alpha value is -3.27. The van der Waals surface area contributed by atoms with E-state index >= 15 is 0 Å². The van der Waals surface area contributed by atoms with Gasteiger partial charge in [0, 0.05) is 17.3 Å². The van der Waals surface area contributed by atoms with Crippen molar-refractivity contribution in [1.29, 1.82) is 0 Å². The van der Waals surface area contributed by atoms with Gasteiger partial charge in [-0.25, -0.2) is 4.98 Å². The zero-order valence-electron chi connectivity index (χ0n) is 14.8. The summed E-state index contributed by atoms with van der Waals surface area (Å²) in [4.78, 5) is 25.2. The number of benzene rings is 2. The number of aryl methyl sites for hydroxylation is 2. The minimum Gasteiger partial charge on any atom is -0.338 e. The van der Waals surface area contributed by atoms with Gasteiger partial charge in [-0.2, -0.15) is 0 Å². The van der Waals surface area contributed by atoms with E-state index in [9.17, 15) is 4.79 Å². The van der Waals surface area contributed by atoms with E-state index in [-0.39, 0.29) is 12.2 Å². The summed E-state index contributed by atoms with van der Waals surface area (Å²) in [5, 5.41) is 0. The highest BCUT2D eigenvalue weighted by Crippen LogP contribution is 2.24. The molecule has 0 aliphatic carbocycles. The van der Waals surface area contributed by atoms with Crippen molar-refractivity contribution >= 4 is 16.8 Å². The molecule has 4 heteroatoms. The topological polar surface area (TPSA) is 58.6 Å². The van der Waals surface area contributed by atoms with E-state index in [1.165, 1.54) is 5.56 Å². The Bertz CT molecular complexity index is 1080. The Labute approximate surface area is 151 Å². The van der Waals surface area contributed by atoms with Crippen LogP contribution in [0, 0.1) is 13.8 Å². The molecule has 128 valence electrons. The molecule has 4 nitrogen and oxygen atoms in total. The van der Waals surface area contributed by atoms with Crippen molar-refractivity contribution in [2.24, 2.45) is 0 Å². The third-order valence-corrected chi connectivity index (χ3v) is 4.69. The lowest BCUT2D eigenvalue weighted by Gasteiger charge is -2.07. The third kappa shape index (κ3) is 3.02. The average molecular weight is 341 g/mol. The van der Waals surface area contributed by atoms with Crippen LogP contribution < -0.4 is 0 Å². The lowest BCUT2D eigenvalue weighted by atomic mass is 9.99. The standard InChI is InChI=1S/C22H19N3O/c1-14-9-10-16(12-15(14)2)21(26)13-20-17(6-5-11-23-20)22-24-18-7-3-4-8-19(18)25-22/h3-12H,13H2,1-2H3,(H,24,25).